The third-order valence-electron chi connectivity index (χ3n) is 4.99. The normalized spacial score (nSPS) is 32.0. The van der Waals surface area contributed by atoms with E-state index in [0.717, 1.165) is 22.1 Å². The van der Waals surface area contributed by atoms with Crippen LogP contribution in [0.3, 0.4) is 0 Å². The van der Waals surface area contributed by atoms with Crippen molar-refractivity contribution in [1.29, 1.82) is 5.26 Å². The summed E-state index contributed by atoms with van der Waals surface area (Å²) in [7, 11) is 3.91. The van der Waals surface area contributed by atoms with Gasteiger partial charge < -0.3 is 10.0 Å². The second-order valence-corrected chi connectivity index (χ2v) is 7.11. The molecule has 5 heteroatoms. The minimum atomic E-state index is -1.36. The molecule has 0 spiro atoms. The van der Waals surface area contributed by atoms with Gasteiger partial charge in [-0.05, 0) is 30.0 Å². The van der Waals surface area contributed by atoms with E-state index in [2.05, 4.69) is 28.1 Å². The molecule has 0 aromatic heterocycles. The van der Waals surface area contributed by atoms with Gasteiger partial charge in [-0.2, -0.15) is 5.26 Å². The Balaban J connectivity index is 2.13. The molecule has 2 aliphatic carbocycles. The fourth-order valence-electron chi connectivity index (χ4n) is 3.89. The molecule has 0 radical (unpaired) electrons. The quantitative estimate of drug-likeness (QED) is 0.839. The maximum atomic E-state index is 11.9. The largest absolute Gasteiger partial charge is 0.480 e. The molecule has 1 fully saturated rings. The monoisotopic (exact) mass is 360 g/mol. The summed E-state index contributed by atoms with van der Waals surface area (Å²) < 4.78 is 0.866. The van der Waals surface area contributed by atoms with Crippen molar-refractivity contribution in [2.24, 2.45) is 17.3 Å². The fourth-order valence-corrected chi connectivity index (χ4v) is 4.51. The molecule has 0 amide bonds. The molecule has 114 valence electrons. The molecule has 4 atom stereocenters. The summed E-state index contributed by atoms with van der Waals surface area (Å²) in [4.78, 5) is 13.9. The smallest absolute Gasteiger partial charge is 0.325 e. The van der Waals surface area contributed by atoms with Crippen LogP contribution in [0.5, 0.6) is 0 Å². The first kappa shape index (κ1) is 15.1. The standard InChI is InChI=1S/C17H17BrN2O2/c1-20(2)12-5-6-13(14(18)8-12)15-10-3-4-11(7-10)17(15,9-19)16(21)22/h3-6,8,10-11,15H,7H2,1-2H3,(H,21,22)/t10-,11+,15-,17-/m1/s1. The van der Waals surface area contributed by atoms with Crippen molar-refractivity contribution < 1.29 is 9.90 Å². The summed E-state index contributed by atoms with van der Waals surface area (Å²) in [5, 5.41) is 19.5. The molecule has 0 heterocycles. The molecule has 2 bridgehead atoms. The summed E-state index contributed by atoms with van der Waals surface area (Å²) in [6.07, 6.45) is 4.72. The van der Waals surface area contributed by atoms with Crippen molar-refractivity contribution in [2.45, 2.75) is 12.3 Å². The Hall–Kier alpha value is -1.80. The average molecular weight is 361 g/mol. The van der Waals surface area contributed by atoms with E-state index >= 15 is 0 Å². The average Bonchev–Trinajstić information content (AvgIpc) is 3.06. The zero-order valence-corrected chi connectivity index (χ0v) is 14.0. The highest BCUT2D eigenvalue weighted by Gasteiger charge is 2.62. The SMILES string of the molecule is CN(C)c1ccc([C@H]2[C@@H]3C=C[C@@H](C3)[C@@]2(C#N)C(=O)O)c(Br)c1. The van der Waals surface area contributed by atoms with Crippen LogP contribution in [0.25, 0.3) is 0 Å². The Morgan fingerprint density at radius 3 is 2.73 bits per heavy atom. The second kappa shape index (κ2) is 5.13. The lowest BCUT2D eigenvalue weighted by Crippen LogP contribution is -2.39. The Morgan fingerprint density at radius 2 is 2.18 bits per heavy atom. The lowest BCUT2D eigenvalue weighted by atomic mass is 9.67. The molecular weight excluding hydrogens is 344 g/mol. The number of carboxylic acids is 1. The van der Waals surface area contributed by atoms with Crippen molar-refractivity contribution in [3.63, 3.8) is 0 Å². The maximum Gasteiger partial charge on any atom is 0.325 e. The van der Waals surface area contributed by atoms with Crippen LogP contribution in [0.1, 0.15) is 17.9 Å². The minimum Gasteiger partial charge on any atom is -0.480 e. The van der Waals surface area contributed by atoms with Gasteiger partial charge >= 0.3 is 5.97 Å². The van der Waals surface area contributed by atoms with E-state index in [1.165, 1.54) is 0 Å². The number of hydrogen-bond donors (Lipinski definition) is 1. The predicted molar refractivity (Wildman–Crippen MR) is 87.6 cm³/mol. The number of nitrogens with zero attached hydrogens (tertiary/aromatic N) is 2. The third kappa shape index (κ3) is 1.90. The number of aliphatic carboxylic acids is 1. The molecule has 0 unspecified atom stereocenters. The molecule has 3 rings (SSSR count). The van der Waals surface area contributed by atoms with Gasteiger partial charge in [0.25, 0.3) is 0 Å². The summed E-state index contributed by atoms with van der Waals surface area (Å²) in [6, 6.07) is 8.04. The second-order valence-electron chi connectivity index (χ2n) is 6.25. The Morgan fingerprint density at radius 1 is 1.45 bits per heavy atom. The van der Waals surface area contributed by atoms with Gasteiger partial charge in [0.05, 0.1) is 6.07 Å². The van der Waals surface area contributed by atoms with Crippen LogP contribution in [-0.2, 0) is 4.79 Å². The first-order valence-corrected chi connectivity index (χ1v) is 8.01. The first-order valence-electron chi connectivity index (χ1n) is 7.21. The van der Waals surface area contributed by atoms with Crippen LogP contribution >= 0.6 is 15.9 Å². The molecule has 22 heavy (non-hydrogen) atoms. The summed E-state index contributed by atoms with van der Waals surface area (Å²) in [5.74, 6) is -1.41. The highest BCUT2D eigenvalue weighted by molar-refractivity contribution is 9.10. The zero-order valence-electron chi connectivity index (χ0n) is 12.5. The van der Waals surface area contributed by atoms with E-state index < -0.39 is 11.4 Å². The van der Waals surface area contributed by atoms with E-state index in [4.69, 9.17) is 0 Å². The Labute approximate surface area is 138 Å². The number of nitriles is 1. The van der Waals surface area contributed by atoms with Gasteiger partial charge in [0.1, 0.15) is 0 Å². The van der Waals surface area contributed by atoms with E-state index in [9.17, 15) is 15.2 Å². The highest BCUT2D eigenvalue weighted by atomic mass is 79.9. The number of carbonyl (C=O) groups is 1. The van der Waals surface area contributed by atoms with Crippen LogP contribution in [0, 0.1) is 28.6 Å². The summed E-state index contributed by atoms with van der Waals surface area (Å²) in [5.41, 5.74) is 0.584. The van der Waals surface area contributed by atoms with Gasteiger partial charge in [-0.3, -0.25) is 4.79 Å². The maximum absolute atomic E-state index is 11.9. The van der Waals surface area contributed by atoms with Crippen LogP contribution in [0.2, 0.25) is 0 Å². The molecule has 1 N–H and O–H groups in total. The third-order valence-corrected chi connectivity index (χ3v) is 5.68. The van der Waals surface area contributed by atoms with Gasteiger partial charge in [-0.25, -0.2) is 0 Å². The number of rotatable bonds is 3. The van der Waals surface area contributed by atoms with Crippen LogP contribution < -0.4 is 4.90 Å². The van der Waals surface area contributed by atoms with Crippen LogP contribution in [0.4, 0.5) is 5.69 Å². The number of carboxylic acid groups (broad SMARTS) is 1. The van der Waals surface area contributed by atoms with E-state index in [0.29, 0.717) is 0 Å². The first-order chi connectivity index (χ1) is 10.4. The van der Waals surface area contributed by atoms with Gasteiger partial charge in [0.15, 0.2) is 5.41 Å². The van der Waals surface area contributed by atoms with Crippen molar-refractivity contribution in [1.82, 2.24) is 0 Å². The molecule has 1 aromatic rings. The molecule has 2 aliphatic rings. The summed E-state index contributed by atoms with van der Waals surface area (Å²) >= 11 is 3.57. The number of allylic oxidation sites excluding steroid dienone is 2. The molecule has 0 aliphatic heterocycles. The topological polar surface area (TPSA) is 64.3 Å². The van der Waals surface area contributed by atoms with Gasteiger partial charge in [-0.1, -0.05) is 34.1 Å². The van der Waals surface area contributed by atoms with E-state index in [1.807, 2.05) is 43.3 Å². The minimum absolute atomic E-state index is 0.113. The highest BCUT2D eigenvalue weighted by Crippen LogP contribution is 2.61. The number of hydrogen-bond acceptors (Lipinski definition) is 3. The molecule has 4 nitrogen and oxygen atoms in total. The number of benzene rings is 1. The van der Waals surface area contributed by atoms with E-state index in [1.54, 1.807) is 0 Å². The van der Waals surface area contributed by atoms with Crippen molar-refractivity contribution in [2.75, 3.05) is 19.0 Å². The Bertz CT molecular complexity index is 707. The van der Waals surface area contributed by atoms with Gasteiger partial charge in [-0.15, -0.1) is 0 Å². The Kier molecular flexibility index (Phi) is 3.53. The van der Waals surface area contributed by atoms with Crippen molar-refractivity contribution in [3.8, 4) is 6.07 Å². The lowest BCUT2D eigenvalue weighted by molar-refractivity contribution is -0.147. The van der Waals surface area contributed by atoms with Crippen molar-refractivity contribution in [3.05, 3.63) is 40.4 Å². The molecule has 0 saturated heterocycles. The molecule has 1 aromatic carbocycles. The van der Waals surface area contributed by atoms with Gasteiger partial charge in [0.2, 0.25) is 0 Å². The van der Waals surface area contributed by atoms with E-state index in [-0.39, 0.29) is 17.8 Å². The van der Waals surface area contributed by atoms with Gasteiger partial charge in [0, 0.05) is 36.1 Å². The van der Waals surface area contributed by atoms with Crippen LogP contribution in [-0.4, -0.2) is 25.2 Å². The molecule has 1 saturated carbocycles. The summed E-state index contributed by atoms with van der Waals surface area (Å²) in [6.45, 7) is 0. The lowest BCUT2D eigenvalue weighted by Gasteiger charge is -2.33. The van der Waals surface area contributed by atoms with Crippen LogP contribution in [0.15, 0.2) is 34.8 Å². The fraction of sp³-hybridized carbons (Fsp3) is 0.412. The zero-order chi connectivity index (χ0) is 16.1. The van der Waals surface area contributed by atoms with Crippen molar-refractivity contribution >= 4 is 27.6 Å². The number of anilines is 1. The predicted octanol–water partition coefficient (Wildman–Crippen LogP) is 3.40. The molecular formula is C17H17BrN2O2. The number of halogens is 1. The number of fused-ring (bicyclic) bond motifs is 2.